The number of ether oxygens (including phenoxy) is 1. The second kappa shape index (κ2) is 10.1. The molecule has 1 heterocycles. The Kier molecular flexibility index (Phi) is 7.71. The average Bonchev–Trinajstić information content (AvgIpc) is 2.71. The molecule has 1 aliphatic rings. The number of carbonyl (C=O) groups is 1. The minimum atomic E-state index is -3.79. The van der Waals surface area contributed by atoms with Gasteiger partial charge in [0.2, 0.25) is 10.0 Å². The van der Waals surface area contributed by atoms with E-state index in [-0.39, 0.29) is 46.2 Å². The molecule has 168 valence electrons. The van der Waals surface area contributed by atoms with Crippen molar-refractivity contribution in [3.8, 4) is 5.75 Å². The van der Waals surface area contributed by atoms with Gasteiger partial charge >= 0.3 is 6.61 Å². The van der Waals surface area contributed by atoms with Crippen molar-refractivity contribution in [2.75, 3.05) is 38.0 Å². The molecule has 2 N–H and O–H groups in total. The first kappa shape index (κ1) is 23.7. The van der Waals surface area contributed by atoms with E-state index in [1.54, 1.807) is 0 Å². The normalized spacial score (nSPS) is 15.8. The van der Waals surface area contributed by atoms with Gasteiger partial charge in [0.1, 0.15) is 10.6 Å². The number of rotatable bonds is 7. The molecule has 0 aliphatic carbocycles. The fourth-order valence-electron chi connectivity index (χ4n) is 3.19. The highest BCUT2D eigenvalue weighted by Gasteiger charge is 2.32. The van der Waals surface area contributed by atoms with Crippen LogP contribution >= 0.6 is 23.2 Å². The van der Waals surface area contributed by atoms with Gasteiger partial charge in [-0.05, 0) is 42.5 Å². The molecule has 2 aromatic carbocycles. The maximum atomic E-state index is 12.9. The summed E-state index contributed by atoms with van der Waals surface area (Å²) in [5, 5.41) is 3.06. The lowest BCUT2D eigenvalue weighted by molar-refractivity contribution is -0.895. The van der Waals surface area contributed by atoms with Crippen molar-refractivity contribution in [2.24, 2.45) is 0 Å². The molecule has 0 unspecified atom stereocenters. The number of nitrogens with one attached hydrogen (secondary N) is 2. The van der Waals surface area contributed by atoms with E-state index in [0.717, 1.165) is 4.90 Å². The highest BCUT2D eigenvalue weighted by Crippen LogP contribution is 2.27. The van der Waals surface area contributed by atoms with Gasteiger partial charge in [-0.25, -0.2) is 8.42 Å². The standard InChI is InChI=1S/C19H19Cl2F2N3O4S/c20-13-1-6-16(21)17(11-13)31(28,29)26-9-7-25(8-10-26)12-18(27)24-14-2-4-15(5-3-14)30-19(22)23/h1-6,11,19H,7-10,12H2,(H,24,27)/p+1. The van der Waals surface area contributed by atoms with Crippen LogP contribution < -0.4 is 15.0 Å². The third-order valence-corrected chi connectivity index (χ3v) is 7.33. The van der Waals surface area contributed by atoms with Crippen LogP contribution in [0, 0.1) is 0 Å². The van der Waals surface area contributed by atoms with Gasteiger partial charge in [-0.1, -0.05) is 23.2 Å². The quantitative estimate of drug-likeness (QED) is 0.617. The summed E-state index contributed by atoms with van der Waals surface area (Å²) >= 11 is 12.0. The lowest BCUT2D eigenvalue weighted by Crippen LogP contribution is -3.15. The minimum absolute atomic E-state index is 0.00392. The lowest BCUT2D eigenvalue weighted by atomic mass is 10.3. The van der Waals surface area contributed by atoms with Gasteiger partial charge in [0.15, 0.2) is 6.54 Å². The Morgan fingerprint density at radius 3 is 2.39 bits per heavy atom. The predicted molar refractivity (Wildman–Crippen MR) is 112 cm³/mol. The van der Waals surface area contributed by atoms with Crippen LogP contribution in [0.2, 0.25) is 10.0 Å². The Morgan fingerprint density at radius 1 is 1.13 bits per heavy atom. The number of piperazine rings is 1. The summed E-state index contributed by atoms with van der Waals surface area (Å²) in [4.78, 5) is 13.2. The van der Waals surface area contributed by atoms with Crippen LogP contribution in [0.1, 0.15) is 0 Å². The first-order chi connectivity index (χ1) is 14.6. The number of anilines is 1. The average molecular weight is 495 g/mol. The van der Waals surface area contributed by atoms with Crippen LogP contribution in [0.15, 0.2) is 47.4 Å². The third kappa shape index (κ3) is 6.27. The number of hydrogen-bond acceptors (Lipinski definition) is 4. The summed E-state index contributed by atoms with van der Waals surface area (Å²) in [7, 11) is -3.79. The first-order valence-corrected chi connectivity index (χ1v) is 11.5. The molecular weight excluding hydrogens is 475 g/mol. The van der Waals surface area contributed by atoms with Gasteiger partial charge in [-0.15, -0.1) is 0 Å². The molecule has 7 nitrogen and oxygen atoms in total. The predicted octanol–water partition coefficient (Wildman–Crippen LogP) is 2.12. The van der Waals surface area contributed by atoms with E-state index >= 15 is 0 Å². The number of sulfonamides is 1. The molecule has 1 saturated heterocycles. The van der Waals surface area contributed by atoms with Gasteiger partial charge in [-0.2, -0.15) is 13.1 Å². The number of quaternary nitrogens is 1. The van der Waals surface area contributed by atoms with Crippen LogP contribution in [0.4, 0.5) is 14.5 Å². The van der Waals surface area contributed by atoms with Gasteiger partial charge in [0, 0.05) is 10.7 Å². The van der Waals surface area contributed by atoms with Crippen molar-refractivity contribution < 1.29 is 31.6 Å². The first-order valence-electron chi connectivity index (χ1n) is 9.28. The van der Waals surface area contributed by atoms with Crippen LogP contribution in [-0.2, 0) is 14.8 Å². The zero-order valence-corrected chi connectivity index (χ0v) is 18.5. The number of benzene rings is 2. The number of hydrogen-bond donors (Lipinski definition) is 2. The summed E-state index contributed by atoms with van der Waals surface area (Å²) in [6.07, 6.45) is 0. The van der Waals surface area contributed by atoms with Crippen molar-refractivity contribution in [1.82, 2.24) is 4.31 Å². The number of nitrogens with zero attached hydrogens (tertiary/aromatic N) is 1. The van der Waals surface area contributed by atoms with E-state index in [1.807, 2.05) is 0 Å². The molecule has 3 rings (SSSR count). The molecule has 0 aromatic heterocycles. The molecule has 1 amide bonds. The molecule has 0 radical (unpaired) electrons. The molecule has 31 heavy (non-hydrogen) atoms. The lowest BCUT2D eigenvalue weighted by Gasteiger charge is -2.31. The Balaban J connectivity index is 1.52. The summed E-state index contributed by atoms with van der Waals surface area (Å²) in [5.74, 6) is -0.275. The fraction of sp³-hybridized carbons (Fsp3) is 0.316. The van der Waals surface area contributed by atoms with E-state index in [2.05, 4.69) is 10.1 Å². The fourth-order valence-corrected chi connectivity index (χ4v) is 5.36. The van der Waals surface area contributed by atoms with E-state index in [4.69, 9.17) is 23.2 Å². The molecule has 0 saturated carbocycles. The van der Waals surface area contributed by atoms with Gasteiger partial charge in [-0.3, -0.25) is 4.79 Å². The maximum absolute atomic E-state index is 12.9. The Labute approximate surface area is 188 Å². The van der Waals surface area contributed by atoms with Crippen LogP contribution in [-0.4, -0.2) is 58.0 Å². The Bertz CT molecular complexity index is 1030. The van der Waals surface area contributed by atoms with Crippen molar-refractivity contribution >= 4 is 44.8 Å². The highest BCUT2D eigenvalue weighted by molar-refractivity contribution is 7.89. The van der Waals surface area contributed by atoms with Crippen LogP contribution in [0.5, 0.6) is 5.75 Å². The minimum Gasteiger partial charge on any atom is -0.435 e. The summed E-state index contributed by atoms with van der Waals surface area (Å²) in [6, 6.07) is 9.87. The van der Waals surface area contributed by atoms with E-state index in [1.165, 1.54) is 46.8 Å². The van der Waals surface area contributed by atoms with Crippen molar-refractivity contribution in [3.63, 3.8) is 0 Å². The van der Waals surface area contributed by atoms with E-state index < -0.39 is 16.6 Å². The zero-order valence-electron chi connectivity index (χ0n) is 16.2. The molecule has 0 atom stereocenters. The molecule has 0 bridgehead atoms. The molecule has 1 aliphatic heterocycles. The summed E-state index contributed by atoms with van der Waals surface area (Å²) in [6.45, 7) is -1.44. The maximum Gasteiger partial charge on any atom is 0.387 e. The summed E-state index contributed by atoms with van der Waals surface area (Å²) in [5.41, 5.74) is 0.447. The highest BCUT2D eigenvalue weighted by atomic mass is 35.5. The second-order valence-corrected chi connectivity index (χ2v) is 9.61. The largest absolute Gasteiger partial charge is 0.435 e. The van der Waals surface area contributed by atoms with Crippen LogP contribution in [0.3, 0.4) is 0 Å². The Morgan fingerprint density at radius 2 is 1.77 bits per heavy atom. The van der Waals surface area contributed by atoms with Crippen molar-refractivity contribution in [3.05, 3.63) is 52.5 Å². The third-order valence-electron chi connectivity index (χ3n) is 4.71. The monoisotopic (exact) mass is 494 g/mol. The number of halogens is 4. The molecule has 0 spiro atoms. The van der Waals surface area contributed by atoms with Gasteiger partial charge in [0.05, 0.1) is 31.2 Å². The second-order valence-electron chi connectivity index (χ2n) is 6.86. The number of carbonyl (C=O) groups excluding carboxylic acids is 1. The number of amides is 1. The molecular formula is C19H20Cl2F2N3O4S+. The van der Waals surface area contributed by atoms with Crippen molar-refractivity contribution in [1.29, 1.82) is 0 Å². The van der Waals surface area contributed by atoms with E-state index in [0.29, 0.717) is 18.8 Å². The topological polar surface area (TPSA) is 80.2 Å². The van der Waals surface area contributed by atoms with Crippen LogP contribution in [0.25, 0.3) is 0 Å². The molecule has 2 aromatic rings. The van der Waals surface area contributed by atoms with Gasteiger partial charge < -0.3 is 15.0 Å². The smallest absolute Gasteiger partial charge is 0.387 e. The summed E-state index contributed by atoms with van der Waals surface area (Å²) < 4.78 is 55.7. The number of alkyl halides is 2. The SMILES string of the molecule is O=C(C[NH+]1CCN(S(=O)(=O)c2cc(Cl)ccc2Cl)CC1)Nc1ccc(OC(F)F)cc1. The van der Waals surface area contributed by atoms with E-state index in [9.17, 15) is 22.0 Å². The Hall–Kier alpha value is -1.98. The van der Waals surface area contributed by atoms with Gasteiger partial charge in [0.25, 0.3) is 5.91 Å². The molecule has 12 heteroatoms. The molecule has 1 fully saturated rings. The van der Waals surface area contributed by atoms with Crippen molar-refractivity contribution in [2.45, 2.75) is 11.5 Å². The zero-order chi connectivity index (χ0) is 22.6.